The van der Waals surface area contributed by atoms with Crippen LogP contribution in [0, 0.1) is 21.7 Å². The van der Waals surface area contributed by atoms with Crippen molar-refractivity contribution in [3.05, 3.63) is 108 Å². The molecule has 12 rings (SSSR count). The first-order valence-electron chi connectivity index (χ1n) is 37.0. The number of oxime groups is 1. The summed E-state index contributed by atoms with van der Waals surface area (Å²) in [5.41, 5.74) is 3.62. The lowest BCUT2D eigenvalue weighted by molar-refractivity contribution is -0.140. The first-order valence-corrected chi connectivity index (χ1v) is 37.0. The zero-order chi connectivity index (χ0) is 89.0. The third-order valence-corrected chi connectivity index (χ3v) is 14.3. The maximum Gasteiger partial charge on any atom is 0.438 e. The second-order valence-electron chi connectivity index (χ2n) is 38.5. The van der Waals surface area contributed by atoms with Gasteiger partial charge in [0.1, 0.15) is 42.5 Å². The minimum atomic E-state index is -0.495. The number of aromatic nitrogens is 21. The lowest BCUT2D eigenvalue weighted by atomic mass is 9.88. The Morgan fingerprint density at radius 2 is 0.896 bits per heavy atom. The number of carbonyl (C=O) groups excluding carboxylic acids is 3. The summed E-state index contributed by atoms with van der Waals surface area (Å²) in [6, 6.07) is 0. The summed E-state index contributed by atoms with van der Waals surface area (Å²) in [7, 11) is 0. The van der Waals surface area contributed by atoms with Gasteiger partial charge in [-0.2, -0.15) is 35.7 Å². The molecule has 0 unspecified atom stereocenters. The molecule has 0 bridgehead atoms. The van der Waals surface area contributed by atoms with E-state index in [0.29, 0.717) is 49.4 Å². The number of carbonyl (C=O) groups is 3. The lowest BCUT2D eigenvalue weighted by Gasteiger charge is -2.17. The number of H-pyrrole nitrogens is 8. The fourth-order valence-electron chi connectivity index (χ4n) is 7.30. The molecule has 8 aromatic heterocycles. The van der Waals surface area contributed by atoms with E-state index in [2.05, 4.69) is 229 Å². The number of nitrogens with one attached hydrogen (secondary N) is 10. The van der Waals surface area contributed by atoms with Crippen LogP contribution in [0.3, 0.4) is 0 Å². The molecule has 8 aromatic rings. The summed E-state index contributed by atoms with van der Waals surface area (Å²) in [6.07, 6.45) is 5.22. The minimum absolute atomic E-state index is 0.00456. The van der Waals surface area contributed by atoms with Crippen molar-refractivity contribution in [3.63, 3.8) is 0 Å². The van der Waals surface area contributed by atoms with Crippen molar-refractivity contribution in [1.29, 1.82) is 0 Å². The van der Waals surface area contributed by atoms with Crippen LogP contribution in [-0.4, -0.2) is 161 Å². The molecule has 4 aliphatic rings. The van der Waals surface area contributed by atoms with Crippen molar-refractivity contribution < 1.29 is 37.2 Å². The second kappa shape index (κ2) is 42.3. The Morgan fingerprint density at radius 1 is 0.409 bits per heavy atom. The number of aliphatic imine (C=N–C) groups is 2. The van der Waals surface area contributed by atoms with Gasteiger partial charge in [-0.25, -0.2) is 54.6 Å². The number of hydrogen-bond acceptors (Lipinski definition) is 31. The number of aromatic amines is 8. The molecule has 0 saturated heterocycles. The van der Waals surface area contributed by atoms with E-state index in [1.165, 1.54) is 19.0 Å². The third kappa shape index (κ3) is 41.5. The molecule has 0 radical (unpaired) electrons. The average Bonchev–Trinajstić information content (AvgIpc) is 1.74. The first kappa shape index (κ1) is 102. The molecule has 115 heavy (non-hydrogen) atoms. The Labute approximate surface area is 671 Å². The molecule has 4 aliphatic heterocycles. The molecule has 0 fully saturated rings. The van der Waals surface area contributed by atoms with Crippen LogP contribution >= 0.6 is 0 Å². The van der Waals surface area contributed by atoms with Gasteiger partial charge in [-0.3, -0.25) is 48.8 Å². The molecule has 0 saturated carbocycles. The van der Waals surface area contributed by atoms with Crippen molar-refractivity contribution in [1.82, 2.24) is 118 Å². The van der Waals surface area contributed by atoms with E-state index in [-0.39, 0.29) is 88.5 Å². The molecule has 12 heterocycles. The van der Waals surface area contributed by atoms with Crippen LogP contribution in [-0.2, 0) is 62.5 Å². The molecule has 10 N–H and O–H groups in total. The summed E-state index contributed by atoms with van der Waals surface area (Å²) < 4.78 is 18.0. The van der Waals surface area contributed by atoms with E-state index < -0.39 is 17.3 Å². The van der Waals surface area contributed by atoms with Gasteiger partial charge < -0.3 is 19.1 Å². The van der Waals surface area contributed by atoms with Crippen LogP contribution in [0.15, 0.2) is 86.7 Å². The quantitative estimate of drug-likeness (QED) is 0.0630. The summed E-state index contributed by atoms with van der Waals surface area (Å²) in [4.78, 5) is 106. The highest BCUT2D eigenvalue weighted by Gasteiger charge is 2.30. The molecule has 0 aromatic carbocycles. The predicted octanol–water partition coefficient (Wildman–Crippen LogP) is 11.1. The van der Waals surface area contributed by atoms with E-state index in [4.69, 9.17) is 4.42 Å². The normalized spacial score (nSPS) is 14.2. The number of hydrazone groups is 1. The minimum Gasteiger partial charge on any atom is -0.392 e. The number of azo groups is 1. The van der Waals surface area contributed by atoms with Crippen LogP contribution < -0.4 is 33.7 Å². The van der Waals surface area contributed by atoms with Crippen LogP contribution in [0.4, 0.5) is 0 Å². The zero-order valence-corrected chi connectivity index (χ0v) is 74.5. The first-order chi connectivity index (χ1) is 52.0. The topological polar surface area (TPSA) is 573 Å². The molecule has 0 aliphatic carbocycles. The Kier molecular flexibility index (Phi) is 37.5. The number of rotatable bonds is 0. The average molecular weight is 1620 g/mol. The monoisotopic (exact) mass is 1620 g/mol. The smallest absolute Gasteiger partial charge is 0.392 e. The summed E-state index contributed by atoms with van der Waals surface area (Å²) >= 11 is 0. The van der Waals surface area contributed by atoms with Crippen molar-refractivity contribution in [2.75, 3.05) is 13.2 Å². The van der Waals surface area contributed by atoms with Crippen molar-refractivity contribution in [2.24, 2.45) is 52.1 Å². The number of amidine groups is 2. The summed E-state index contributed by atoms with van der Waals surface area (Å²) in [5.74, 6) is 5.61. The lowest BCUT2D eigenvalue weighted by Crippen LogP contribution is -2.34. The van der Waals surface area contributed by atoms with Crippen LogP contribution in [0.2, 0.25) is 0 Å². The molecule has 0 spiro atoms. The highest BCUT2D eigenvalue weighted by atomic mass is 16.7. The Bertz CT molecular complexity index is 4050. The van der Waals surface area contributed by atoms with Crippen LogP contribution in [0.5, 0.6) is 0 Å². The SMILES string of the molecule is CC(C)(C)C1=NCC(=O)N1.CC(C)(C)C1=NCN=N1.CC(C)(C)C1=NNC(=O)C1.CC(C)(C)C1=NOC(=O)C1.CC(C)(C)c1n[nH]c(=O)[nH]1.CC(C)(C)c1n[nH]c(=O)o1.CC(C)(C)c1ncn[nH]1.CC(C)(C)c1ncn[nH]1.CC(C)(C)c1ncon1.CC(C)(C)c1nn[nH]n1.CC(C)(C)c1noc(=O)[nH]1.CC(C)(C)c1noc(=O)[nH]1. The van der Waals surface area contributed by atoms with E-state index in [9.17, 15) is 33.6 Å². The van der Waals surface area contributed by atoms with Crippen molar-refractivity contribution in [2.45, 2.75) is 305 Å². The van der Waals surface area contributed by atoms with Gasteiger partial charge in [0.25, 0.3) is 0 Å². The highest BCUT2D eigenvalue weighted by molar-refractivity contribution is 6.07. The van der Waals surface area contributed by atoms with E-state index >= 15 is 0 Å². The van der Waals surface area contributed by atoms with Crippen LogP contribution in [0.1, 0.15) is 309 Å². The van der Waals surface area contributed by atoms with Gasteiger partial charge in [0, 0.05) is 65.0 Å². The molecule has 642 valence electrons. The number of tetrazole rings is 1. The van der Waals surface area contributed by atoms with Gasteiger partial charge in [0.05, 0.1) is 24.3 Å². The fourth-order valence-corrected chi connectivity index (χ4v) is 7.30. The standard InChI is InChI=1S/2C7H12N2O.C7H11NO2.C6H11N3O.3C6H11N3.3C6H10N2O2.C6H10N2O.C5H10N4/c1-7(2,3)6-8-4-5(10)9-6;1-7(2,3)5-4-6(10)9-8-5;1-7(2,3)5-4-6(9)10-8-5;1-6(2,3)4-7-5(10)9-8-4;3*1-6(2,3)5-7-4-8-9-5;1-6(2,3)4-7-8-5(9)10-4;2*1-6(2,3)4-7-5(9)10-8-4;1-6(2,3)5-7-4-9-8-5;1-5(2,3)4-6-8-9-7-4/h4H2,1-3H3,(H,8,9,10);4H2,1-3H3,(H,9,10);4H2,1-3H3;1-3H3,(H2,7,8,9,10);4H2,1-3H3;2*4H,1-3H3,(H,7,8,9);1-3H3,(H,8,9);2*1-3H3,(H,7,8,9);4H,1-3H3;1-3H3,(H,6,7,8,9). The predicted molar refractivity (Wildman–Crippen MR) is 435 cm³/mol. The molecule has 0 atom stereocenters. The summed E-state index contributed by atoms with van der Waals surface area (Å²) in [6.45, 7) is 73.5. The number of amides is 2. The van der Waals surface area contributed by atoms with Gasteiger partial charge in [-0.1, -0.05) is 275 Å². The van der Waals surface area contributed by atoms with E-state index in [1.807, 2.05) is 187 Å². The van der Waals surface area contributed by atoms with Gasteiger partial charge in [0.15, 0.2) is 35.8 Å². The zero-order valence-electron chi connectivity index (χ0n) is 74.5. The van der Waals surface area contributed by atoms with E-state index in [1.54, 1.807) is 0 Å². The van der Waals surface area contributed by atoms with E-state index in [0.717, 1.165) is 46.4 Å². The molecular weight excluding hydrogens is 1490 g/mol. The van der Waals surface area contributed by atoms with Gasteiger partial charge in [-0.15, -0.1) is 20.4 Å². The highest BCUT2D eigenvalue weighted by Crippen LogP contribution is 2.25. The third-order valence-electron chi connectivity index (χ3n) is 14.3. The number of nitrogens with zero attached hydrogens (tertiary/aromatic N) is 19. The molecular formula is C74H129N29O12. The van der Waals surface area contributed by atoms with Crippen molar-refractivity contribution in [3.8, 4) is 0 Å². The van der Waals surface area contributed by atoms with Gasteiger partial charge >= 0.3 is 28.9 Å². The molecule has 2 amide bonds. The maximum absolute atomic E-state index is 10.7. The maximum atomic E-state index is 10.7. The fraction of sp³-hybridized carbons (Fsp3) is 0.703. The Hall–Kier alpha value is -11.1. The number of hydrogen-bond donors (Lipinski definition) is 10. The van der Waals surface area contributed by atoms with Gasteiger partial charge in [0.2, 0.25) is 24.1 Å². The van der Waals surface area contributed by atoms with Crippen LogP contribution in [0.25, 0.3) is 0 Å². The molecule has 41 heteroatoms. The van der Waals surface area contributed by atoms with Crippen molar-refractivity contribution >= 4 is 40.9 Å². The molecule has 41 nitrogen and oxygen atoms in total. The van der Waals surface area contributed by atoms with Gasteiger partial charge in [-0.05, 0) is 0 Å². The largest absolute Gasteiger partial charge is 0.438 e. The Morgan fingerprint density at radius 3 is 1.07 bits per heavy atom. The Balaban J connectivity index is 0.000000627. The second-order valence-corrected chi connectivity index (χ2v) is 38.5. The summed E-state index contributed by atoms with van der Waals surface area (Å²) in [5, 5.41) is 67.4.